The summed E-state index contributed by atoms with van der Waals surface area (Å²) in [6, 6.07) is -0.0632. The lowest BCUT2D eigenvalue weighted by Gasteiger charge is -2.22. The summed E-state index contributed by atoms with van der Waals surface area (Å²) in [6.07, 6.45) is 6.98. The number of nitrogens with zero attached hydrogens (tertiary/aromatic N) is 1. The van der Waals surface area contributed by atoms with E-state index >= 15 is 0 Å². The molecule has 0 aromatic carbocycles. The maximum Gasteiger partial charge on any atom is 0.350 e. The summed E-state index contributed by atoms with van der Waals surface area (Å²) in [5.41, 5.74) is 8.17. The zero-order chi connectivity index (χ0) is 16.6. The SMILES string of the molecule is COC(=O)c1sc2c(c1NC[C@@H](C)N)C1C=CC(=O)N=C1C=C2.Cl. The van der Waals surface area contributed by atoms with Crippen LogP contribution in [0.5, 0.6) is 0 Å². The van der Waals surface area contributed by atoms with E-state index in [-0.39, 0.29) is 36.2 Å². The Hall–Kier alpha value is -1.96. The number of carbonyl (C=O) groups excluding carboxylic acids is 2. The van der Waals surface area contributed by atoms with Crippen molar-refractivity contribution in [1.29, 1.82) is 0 Å². The Morgan fingerprint density at radius 1 is 1.46 bits per heavy atom. The number of hydrogen-bond acceptors (Lipinski definition) is 6. The number of carbonyl (C=O) groups is 2. The molecule has 128 valence electrons. The lowest BCUT2D eigenvalue weighted by atomic mass is 9.87. The first-order chi connectivity index (χ1) is 11.0. The molecule has 0 spiro atoms. The summed E-state index contributed by atoms with van der Waals surface area (Å²) in [5, 5.41) is 3.26. The lowest BCUT2D eigenvalue weighted by molar-refractivity contribution is -0.113. The molecule has 6 nitrogen and oxygen atoms in total. The monoisotopic (exact) mass is 367 g/mol. The predicted octanol–water partition coefficient (Wildman–Crippen LogP) is 2.36. The number of ether oxygens (including phenoxy) is 1. The number of dihydropyridines is 1. The molecule has 0 saturated heterocycles. The number of nitrogens with two attached hydrogens (primary N) is 1. The summed E-state index contributed by atoms with van der Waals surface area (Å²) >= 11 is 1.36. The van der Waals surface area contributed by atoms with Crippen LogP contribution in [0.25, 0.3) is 6.08 Å². The average molecular weight is 368 g/mol. The molecule has 2 aliphatic rings. The highest BCUT2D eigenvalue weighted by molar-refractivity contribution is 7.15. The van der Waals surface area contributed by atoms with Crippen molar-refractivity contribution in [2.24, 2.45) is 10.7 Å². The van der Waals surface area contributed by atoms with E-state index in [2.05, 4.69) is 10.3 Å². The van der Waals surface area contributed by atoms with Crippen LogP contribution >= 0.6 is 23.7 Å². The van der Waals surface area contributed by atoms with E-state index in [1.54, 1.807) is 0 Å². The maximum atomic E-state index is 12.1. The normalized spacial score (nSPS) is 18.9. The number of fused-ring (bicyclic) bond motifs is 3. The molecule has 0 bridgehead atoms. The third-order valence-electron chi connectivity index (χ3n) is 3.65. The Bertz CT molecular complexity index is 765. The van der Waals surface area contributed by atoms with Gasteiger partial charge in [0, 0.05) is 35.0 Å². The maximum absolute atomic E-state index is 12.1. The Morgan fingerprint density at radius 2 is 2.21 bits per heavy atom. The van der Waals surface area contributed by atoms with Gasteiger partial charge >= 0.3 is 5.97 Å². The van der Waals surface area contributed by atoms with Gasteiger partial charge in [0.05, 0.1) is 18.5 Å². The largest absolute Gasteiger partial charge is 0.465 e. The second-order valence-electron chi connectivity index (χ2n) is 5.48. The number of nitrogens with one attached hydrogen (secondary N) is 1. The predicted molar refractivity (Wildman–Crippen MR) is 98.4 cm³/mol. The van der Waals surface area contributed by atoms with E-state index in [4.69, 9.17) is 10.5 Å². The minimum atomic E-state index is -0.390. The third kappa shape index (κ3) is 3.28. The highest BCUT2D eigenvalue weighted by Gasteiger charge is 2.32. The van der Waals surface area contributed by atoms with Crippen molar-refractivity contribution in [3.05, 3.63) is 33.5 Å². The number of anilines is 1. The second-order valence-corrected chi connectivity index (χ2v) is 6.53. The minimum absolute atomic E-state index is 0. The first-order valence-electron chi connectivity index (χ1n) is 7.24. The molecule has 1 amide bonds. The van der Waals surface area contributed by atoms with Gasteiger partial charge in [-0.25, -0.2) is 9.79 Å². The lowest BCUT2D eigenvalue weighted by Crippen LogP contribution is -2.27. The molecule has 1 unspecified atom stereocenters. The van der Waals surface area contributed by atoms with Gasteiger partial charge in [0.1, 0.15) is 4.88 Å². The molecule has 24 heavy (non-hydrogen) atoms. The number of aliphatic imine (C=N–C) groups is 1. The topological polar surface area (TPSA) is 93.8 Å². The van der Waals surface area contributed by atoms with Crippen LogP contribution in [0.15, 0.2) is 23.2 Å². The Kier molecular flexibility index (Phi) is 5.58. The van der Waals surface area contributed by atoms with Crippen LogP contribution in [0.3, 0.4) is 0 Å². The fourth-order valence-electron chi connectivity index (χ4n) is 2.63. The van der Waals surface area contributed by atoms with Gasteiger partial charge in [-0.1, -0.05) is 6.08 Å². The molecule has 0 saturated carbocycles. The van der Waals surface area contributed by atoms with E-state index < -0.39 is 0 Å². The molecule has 2 heterocycles. The van der Waals surface area contributed by atoms with Gasteiger partial charge in [-0.2, -0.15) is 0 Å². The summed E-state index contributed by atoms with van der Waals surface area (Å²) in [4.78, 5) is 29.1. The molecule has 2 atom stereocenters. The quantitative estimate of drug-likeness (QED) is 0.797. The zero-order valence-electron chi connectivity index (χ0n) is 13.2. The van der Waals surface area contributed by atoms with Gasteiger partial charge < -0.3 is 15.8 Å². The molecule has 3 N–H and O–H groups in total. The third-order valence-corrected chi connectivity index (χ3v) is 4.80. The molecule has 1 aliphatic heterocycles. The van der Waals surface area contributed by atoms with Gasteiger partial charge in [-0.05, 0) is 19.1 Å². The molecule has 0 fully saturated rings. The van der Waals surface area contributed by atoms with Crippen LogP contribution < -0.4 is 11.1 Å². The number of methoxy groups -OCH3 is 1. The standard InChI is InChI=1S/C16H17N3O3S.ClH/c1-8(17)7-18-14-13-9-3-6-12(20)19-10(9)4-5-11(13)23-15(14)16(21)22-2;/h3-6,8-9,18H,7,17H2,1-2H3;1H/t8-,9?;/m1./s1. The molecule has 1 aliphatic carbocycles. The number of halogens is 1. The number of thiophene rings is 1. The van der Waals surface area contributed by atoms with Crippen molar-refractivity contribution >= 4 is 53.1 Å². The van der Waals surface area contributed by atoms with Crippen LogP contribution in [0.1, 0.15) is 33.0 Å². The molecule has 1 aromatic heterocycles. The first kappa shape index (κ1) is 18.4. The van der Waals surface area contributed by atoms with Gasteiger partial charge in [0.25, 0.3) is 5.91 Å². The van der Waals surface area contributed by atoms with Crippen LogP contribution in [0.2, 0.25) is 0 Å². The van der Waals surface area contributed by atoms with Crippen LogP contribution in [-0.2, 0) is 9.53 Å². The summed E-state index contributed by atoms with van der Waals surface area (Å²) < 4.78 is 4.89. The second kappa shape index (κ2) is 7.29. The van der Waals surface area contributed by atoms with Crippen molar-refractivity contribution in [3.8, 4) is 0 Å². The van der Waals surface area contributed by atoms with Gasteiger partial charge in [0.2, 0.25) is 0 Å². The van der Waals surface area contributed by atoms with Gasteiger partial charge in [-0.15, -0.1) is 23.7 Å². The smallest absolute Gasteiger partial charge is 0.350 e. The van der Waals surface area contributed by atoms with Crippen LogP contribution in [0, 0.1) is 0 Å². The van der Waals surface area contributed by atoms with E-state index in [1.807, 2.05) is 25.2 Å². The van der Waals surface area contributed by atoms with E-state index in [1.165, 1.54) is 24.5 Å². The highest BCUT2D eigenvalue weighted by Crippen LogP contribution is 2.44. The van der Waals surface area contributed by atoms with Crippen molar-refractivity contribution in [2.75, 3.05) is 19.0 Å². The van der Waals surface area contributed by atoms with Gasteiger partial charge in [-0.3, -0.25) is 4.79 Å². The van der Waals surface area contributed by atoms with Crippen LogP contribution in [-0.4, -0.2) is 37.3 Å². The minimum Gasteiger partial charge on any atom is -0.465 e. The highest BCUT2D eigenvalue weighted by atomic mass is 35.5. The van der Waals surface area contributed by atoms with Crippen molar-refractivity contribution in [2.45, 2.75) is 18.9 Å². The number of allylic oxidation sites excluding steroid dienone is 2. The molecule has 3 rings (SSSR count). The molecular formula is C16H18ClN3O3S. The van der Waals surface area contributed by atoms with Crippen molar-refractivity contribution in [1.82, 2.24) is 0 Å². The Morgan fingerprint density at radius 3 is 2.88 bits per heavy atom. The fraction of sp³-hybridized carbons (Fsp3) is 0.312. The zero-order valence-corrected chi connectivity index (χ0v) is 14.9. The van der Waals surface area contributed by atoms with Crippen molar-refractivity contribution < 1.29 is 14.3 Å². The molecular weight excluding hydrogens is 350 g/mol. The summed E-state index contributed by atoms with van der Waals surface area (Å²) in [7, 11) is 1.36. The number of amides is 1. The number of hydrogen-bond donors (Lipinski definition) is 2. The number of rotatable bonds is 4. The Labute approximate surface area is 149 Å². The van der Waals surface area contributed by atoms with Gasteiger partial charge in [0.15, 0.2) is 0 Å². The van der Waals surface area contributed by atoms with Crippen molar-refractivity contribution in [3.63, 3.8) is 0 Å². The average Bonchev–Trinajstić information content (AvgIpc) is 2.90. The summed E-state index contributed by atoms with van der Waals surface area (Å²) in [5.74, 6) is -0.796. The molecule has 1 aromatic rings. The van der Waals surface area contributed by atoms with E-state index in [0.29, 0.717) is 17.1 Å². The van der Waals surface area contributed by atoms with E-state index in [9.17, 15) is 9.59 Å². The van der Waals surface area contributed by atoms with Crippen LogP contribution in [0.4, 0.5) is 5.69 Å². The fourth-order valence-corrected chi connectivity index (χ4v) is 3.77. The number of esters is 1. The van der Waals surface area contributed by atoms with E-state index in [0.717, 1.165) is 16.1 Å². The summed E-state index contributed by atoms with van der Waals surface area (Å²) in [6.45, 7) is 2.41. The molecule has 0 radical (unpaired) electrons. The first-order valence-corrected chi connectivity index (χ1v) is 8.06. The Balaban J connectivity index is 0.00000208. The molecule has 8 heteroatoms.